The Hall–Kier alpha value is -1.06. The fraction of sp³-hybridized carbons (Fsp3) is 0.667. The first-order chi connectivity index (χ1) is 10.2. The first kappa shape index (κ1) is 14.9. The molecule has 3 nitrogen and oxygen atoms in total. The Morgan fingerprint density at radius 3 is 2.90 bits per heavy atom. The summed E-state index contributed by atoms with van der Waals surface area (Å²) in [6, 6.07) is 10.5. The van der Waals surface area contributed by atoms with Gasteiger partial charge in [0.25, 0.3) is 0 Å². The molecule has 0 spiro atoms. The molecule has 3 rings (SSSR count). The third kappa shape index (κ3) is 3.09. The second-order valence-corrected chi connectivity index (χ2v) is 6.79. The van der Waals surface area contributed by atoms with Crippen molar-refractivity contribution in [1.82, 2.24) is 4.90 Å². The molecule has 116 valence electrons. The third-order valence-electron chi connectivity index (χ3n) is 5.24. The van der Waals surface area contributed by atoms with Crippen LogP contribution in [-0.4, -0.2) is 42.7 Å². The van der Waals surface area contributed by atoms with Crippen LogP contribution in [0, 0.1) is 0 Å². The molecule has 2 heterocycles. The maximum Gasteiger partial charge on any atom is 0.0402 e. The minimum atomic E-state index is 0.272. The summed E-state index contributed by atoms with van der Waals surface area (Å²) < 4.78 is 0. The lowest BCUT2D eigenvalue weighted by Gasteiger charge is -2.44. The van der Waals surface area contributed by atoms with Gasteiger partial charge in [-0.05, 0) is 50.8 Å². The largest absolute Gasteiger partial charge is 0.366 e. The molecular formula is C18H29N3. The molecule has 0 radical (unpaired) electrons. The van der Waals surface area contributed by atoms with E-state index in [9.17, 15) is 0 Å². The van der Waals surface area contributed by atoms with Crippen LogP contribution in [0.2, 0.25) is 0 Å². The summed E-state index contributed by atoms with van der Waals surface area (Å²) in [5.41, 5.74) is 9.04. The van der Waals surface area contributed by atoms with Crippen molar-refractivity contribution in [2.45, 2.75) is 57.7 Å². The highest BCUT2D eigenvalue weighted by Gasteiger charge is 2.34. The predicted octanol–water partition coefficient (Wildman–Crippen LogP) is 2.64. The number of hydrogen-bond acceptors (Lipinski definition) is 3. The summed E-state index contributed by atoms with van der Waals surface area (Å²) in [4.78, 5) is 5.31. The first-order valence-electron chi connectivity index (χ1n) is 8.53. The smallest absolute Gasteiger partial charge is 0.0402 e. The first-order valence-corrected chi connectivity index (χ1v) is 8.53. The highest BCUT2D eigenvalue weighted by molar-refractivity contribution is 5.55. The second-order valence-electron chi connectivity index (χ2n) is 6.79. The van der Waals surface area contributed by atoms with Crippen molar-refractivity contribution in [2.75, 3.05) is 24.5 Å². The average Bonchev–Trinajstić information content (AvgIpc) is 2.94. The van der Waals surface area contributed by atoms with Crippen LogP contribution in [0.15, 0.2) is 24.3 Å². The van der Waals surface area contributed by atoms with Crippen LogP contribution >= 0.6 is 0 Å². The van der Waals surface area contributed by atoms with Gasteiger partial charge in [-0.2, -0.15) is 0 Å². The lowest BCUT2D eigenvalue weighted by Crippen LogP contribution is -2.55. The van der Waals surface area contributed by atoms with Gasteiger partial charge in [0.05, 0.1) is 0 Å². The van der Waals surface area contributed by atoms with Crippen LogP contribution in [-0.2, 0) is 6.42 Å². The third-order valence-corrected chi connectivity index (χ3v) is 5.24. The van der Waals surface area contributed by atoms with E-state index >= 15 is 0 Å². The van der Waals surface area contributed by atoms with Crippen molar-refractivity contribution in [1.29, 1.82) is 0 Å². The van der Waals surface area contributed by atoms with Gasteiger partial charge in [-0.15, -0.1) is 0 Å². The Labute approximate surface area is 129 Å². The van der Waals surface area contributed by atoms with Gasteiger partial charge in [0, 0.05) is 36.9 Å². The number of nitrogens with two attached hydrogens (primary N) is 1. The maximum atomic E-state index is 6.20. The molecule has 0 saturated carbocycles. The van der Waals surface area contributed by atoms with E-state index in [0.717, 1.165) is 18.9 Å². The molecule has 0 bridgehead atoms. The van der Waals surface area contributed by atoms with Crippen molar-refractivity contribution >= 4 is 5.69 Å². The average molecular weight is 287 g/mol. The molecule has 2 N–H and O–H groups in total. The highest BCUT2D eigenvalue weighted by atomic mass is 15.3. The fourth-order valence-corrected chi connectivity index (χ4v) is 3.91. The van der Waals surface area contributed by atoms with Gasteiger partial charge in [-0.3, -0.25) is 4.90 Å². The Kier molecular flexibility index (Phi) is 4.51. The Morgan fingerprint density at radius 1 is 1.29 bits per heavy atom. The molecule has 2 saturated heterocycles. The number of para-hydroxylation sites is 1. The van der Waals surface area contributed by atoms with E-state index in [2.05, 4.69) is 47.9 Å². The zero-order valence-corrected chi connectivity index (χ0v) is 13.5. The van der Waals surface area contributed by atoms with Crippen LogP contribution in [0.25, 0.3) is 0 Å². The number of piperazine rings is 1. The van der Waals surface area contributed by atoms with E-state index in [1.807, 2.05) is 0 Å². The van der Waals surface area contributed by atoms with Crippen molar-refractivity contribution in [2.24, 2.45) is 5.73 Å². The summed E-state index contributed by atoms with van der Waals surface area (Å²) in [7, 11) is 0. The Balaban J connectivity index is 1.82. The number of rotatable bonds is 4. The Bertz CT molecular complexity index is 473. The molecule has 3 heteroatoms. The molecule has 2 aliphatic heterocycles. The molecule has 1 aromatic carbocycles. The van der Waals surface area contributed by atoms with Crippen molar-refractivity contribution < 1.29 is 0 Å². The van der Waals surface area contributed by atoms with Crippen molar-refractivity contribution in [3.8, 4) is 0 Å². The maximum absolute atomic E-state index is 6.20. The summed E-state index contributed by atoms with van der Waals surface area (Å²) in [5, 5.41) is 0. The number of anilines is 1. The molecule has 21 heavy (non-hydrogen) atoms. The van der Waals surface area contributed by atoms with Gasteiger partial charge in [-0.1, -0.05) is 25.1 Å². The van der Waals surface area contributed by atoms with Gasteiger partial charge in [0.2, 0.25) is 0 Å². The van der Waals surface area contributed by atoms with Gasteiger partial charge >= 0.3 is 0 Å². The zero-order chi connectivity index (χ0) is 14.8. The van der Waals surface area contributed by atoms with E-state index in [1.54, 1.807) is 0 Å². The number of fused-ring (bicyclic) bond motifs is 1. The van der Waals surface area contributed by atoms with E-state index in [1.165, 1.54) is 43.7 Å². The van der Waals surface area contributed by atoms with Gasteiger partial charge in [0.15, 0.2) is 0 Å². The summed E-state index contributed by atoms with van der Waals surface area (Å²) in [5.74, 6) is 0. The molecule has 0 aromatic heterocycles. The topological polar surface area (TPSA) is 32.5 Å². The van der Waals surface area contributed by atoms with Crippen LogP contribution in [0.4, 0.5) is 5.69 Å². The monoisotopic (exact) mass is 287 g/mol. The van der Waals surface area contributed by atoms with Crippen molar-refractivity contribution in [3.05, 3.63) is 29.8 Å². The van der Waals surface area contributed by atoms with E-state index in [4.69, 9.17) is 5.73 Å². The quantitative estimate of drug-likeness (QED) is 0.924. The van der Waals surface area contributed by atoms with Crippen LogP contribution in [0.3, 0.4) is 0 Å². The molecule has 0 amide bonds. The van der Waals surface area contributed by atoms with Crippen molar-refractivity contribution in [3.63, 3.8) is 0 Å². The molecule has 2 fully saturated rings. The lowest BCUT2D eigenvalue weighted by molar-refractivity contribution is 0.203. The molecule has 2 aliphatic rings. The summed E-state index contributed by atoms with van der Waals surface area (Å²) in [6.07, 6.45) is 4.76. The van der Waals surface area contributed by atoms with Crippen LogP contribution in [0.1, 0.15) is 38.7 Å². The zero-order valence-electron chi connectivity index (χ0n) is 13.5. The molecule has 3 atom stereocenters. The second kappa shape index (κ2) is 6.37. The number of hydrogen-bond donors (Lipinski definition) is 1. The minimum absolute atomic E-state index is 0.272. The summed E-state index contributed by atoms with van der Waals surface area (Å²) in [6.45, 7) is 8.22. The standard InChI is InChI=1S/C18H29N3/c1-3-16(19)11-15-7-4-5-9-18(15)21-13-17-8-6-10-20(17)12-14(21)2/h4-5,7,9,14,16-17H,3,6,8,10-13,19H2,1-2H3. The Morgan fingerprint density at radius 2 is 2.10 bits per heavy atom. The van der Waals surface area contributed by atoms with Crippen LogP contribution < -0.4 is 10.6 Å². The van der Waals surface area contributed by atoms with Crippen LogP contribution in [0.5, 0.6) is 0 Å². The predicted molar refractivity (Wildman–Crippen MR) is 89.8 cm³/mol. The summed E-state index contributed by atoms with van der Waals surface area (Å²) >= 11 is 0. The van der Waals surface area contributed by atoms with Gasteiger partial charge in [-0.25, -0.2) is 0 Å². The lowest BCUT2D eigenvalue weighted by atomic mass is 9.99. The SMILES string of the molecule is CCC(N)Cc1ccccc1N1CC2CCCN2CC1C. The van der Waals surface area contributed by atoms with E-state index in [0.29, 0.717) is 6.04 Å². The highest BCUT2D eigenvalue weighted by Crippen LogP contribution is 2.31. The molecule has 0 aliphatic carbocycles. The molecular weight excluding hydrogens is 258 g/mol. The van der Waals surface area contributed by atoms with E-state index in [-0.39, 0.29) is 6.04 Å². The minimum Gasteiger partial charge on any atom is -0.366 e. The van der Waals surface area contributed by atoms with Gasteiger partial charge < -0.3 is 10.6 Å². The normalized spacial score (nSPS) is 27.7. The number of benzene rings is 1. The van der Waals surface area contributed by atoms with E-state index < -0.39 is 0 Å². The fourth-order valence-electron chi connectivity index (χ4n) is 3.91. The molecule has 1 aromatic rings. The molecule has 3 unspecified atom stereocenters. The van der Waals surface area contributed by atoms with Gasteiger partial charge in [0.1, 0.15) is 0 Å². The number of nitrogens with zero attached hydrogens (tertiary/aromatic N) is 2.